The highest BCUT2D eigenvalue weighted by Gasteiger charge is 2.43. The van der Waals surface area contributed by atoms with Crippen LogP contribution in [0.4, 0.5) is 5.82 Å². The zero-order chi connectivity index (χ0) is 41.7. The molecule has 2 aromatic heterocycles. The van der Waals surface area contributed by atoms with Crippen LogP contribution in [0.15, 0.2) is 183 Å². The second-order valence-corrected chi connectivity index (χ2v) is 15.8. The van der Waals surface area contributed by atoms with Crippen LogP contribution >= 0.6 is 11.9 Å². The van der Waals surface area contributed by atoms with Crippen molar-refractivity contribution in [2.24, 2.45) is 0 Å². The molecule has 0 saturated carbocycles. The fraction of sp³-hybridized carbons (Fsp3) is 0.180. The van der Waals surface area contributed by atoms with Crippen molar-refractivity contribution in [2.75, 3.05) is 25.5 Å². The molecular formula is C50H45N5O5S. The van der Waals surface area contributed by atoms with Gasteiger partial charge in [0.1, 0.15) is 40.5 Å². The molecule has 0 spiro atoms. The highest BCUT2D eigenvalue weighted by molar-refractivity contribution is 8.01. The third kappa shape index (κ3) is 7.62. The Morgan fingerprint density at radius 1 is 0.639 bits per heavy atom. The minimum atomic E-state index is -1.07. The summed E-state index contributed by atoms with van der Waals surface area (Å²) < 4.78 is 29.6. The van der Waals surface area contributed by atoms with Crippen molar-refractivity contribution < 1.29 is 24.1 Å². The van der Waals surface area contributed by atoms with E-state index >= 15 is 0 Å². The van der Waals surface area contributed by atoms with Gasteiger partial charge in [-0.25, -0.2) is 15.0 Å². The molecule has 11 heteroatoms. The van der Waals surface area contributed by atoms with Gasteiger partial charge in [0.05, 0.1) is 33.3 Å². The number of aromatic nitrogens is 4. The molecule has 306 valence electrons. The first-order valence-corrected chi connectivity index (χ1v) is 21.0. The number of methoxy groups -OCH3 is 2. The SMILES string of the molecule is COc1ccc(C(OC[C@H]2O[C@@H](n3cnc4c(NSC(c5ccccc5)(c5ccccc5)c5ccccc5)ncnc43)C[C@@H]2O)(c2ccccc2)c2ccc(OC)cc2)cc1. The normalized spacial score (nSPS) is 16.7. The largest absolute Gasteiger partial charge is 0.497 e. The lowest BCUT2D eigenvalue weighted by Crippen LogP contribution is -2.38. The Hall–Kier alpha value is -6.50. The Bertz CT molecular complexity index is 2510. The zero-order valence-corrected chi connectivity index (χ0v) is 34.6. The van der Waals surface area contributed by atoms with Crippen molar-refractivity contribution in [1.29, 1.82) is 0 Å². The molecule has 10 nitrogen and oxygen atoms in total. The molecule has 61 heavy (non-hydrogen) atoms. The molecule has 0 unspecified atom stereocenters. The molecule has 3 atom stereocenters. The van der Waals surface area contributed by atoms with Crippen LogP contribution in [0, 0.1) is 0 Å². The topological polar surface area (TPSA) is 113 Å². The van der Waals surface area contributed by atoms with E-state index in [4.69, 9.17) is 23.9 Å². The molecular weight excluding hydrogens is 783 g/mol. The third-order valence-electron chi connectivity index (χ3n) is 11.4. The number of anilines is 1. The fourth-order valence-electron chi connectivity index (χ4n) is 8.27. The molecule has 6 aromatic carbocycles. The lowest BCUT2D eigenvalue weighted by atomic mass is 9.80. The van der Waals surface area contributed by atoms with E-state index in [1.165, 1.54) is 6.33 Å². The van der Waals surface area contributed by atoms with Crippen molar-refractivity contribution in [3.8, 4) is 11.5 Å². The first kappa shape index (κ1) is 39.9. The summed E-state index contributed by atoms with van der Waals surface area (Å²) in [5.41, 5.74) is 6.12. The monoisotopic (exact) mass is 827 g/mol. The standard InChI is InChI=1S/C50H45N5O5S/c1-57-41-27-23-36(24-28-41)49(35-15-7-3-8-16-35,37-25-29-42(58-2)30-26-37)59-32-44-43(56)31-45(60-44)55-34-53-46-47(51-33-52-48(46)55)54-61-50(38-17-9-4-10-18-38,39-19-11-5-12-20-39)40-21-13-6-14-22-40/h3-30,33-34,43-45,56H,31-32H2,1-2H3,(H,51,52,54)/t43-,44+,45+/m0/s1. The molecule has 0 radical (unpaired) electrons. The summed E-state index contributed by atoms with van der Waals surface area (Å²) in [6.07, 6.45) is 1.49. The van der Waals surface area contributed by atoms with Crippen molar-refractivity contribution in [3.63, 3.8) is 0 Å². The average molecular weight is 828 g/mol. The van der Waals surface area contributed by atoms with Crippen LogP contribution in [0.1, 0.15) is 46.0 Å². The van der Waals surface area contributed by atoms with Crippen LogP contribution in [0.3, 0.4) is 0 Å². The molecule has 0 bridgehead atoms. The van der Waals surface area contributed by atoms with Crippen LogP contribution in [0.5, 0.6) is 11.5 Å². The number of aliphatic hydroxyl groups excluding tert-OH is 1. The molecule has 0 aliphatic carbocycles. The van der Waals surface area contributed by atoms with Crippen LogP contribution < -0.4 is 14.2 Å². The van der Waals surface area contributed by atoms with E-state index in [0.717, 1.165) is 44.9 Å². The zero-order valence-electron chi connectivity index (χ0n) is 33.7. The quantitative estimate of drug-likeness (QED) is 0.0766. The van der Waals surface area contributed by atoms with Gasteiger partial charge in [-0.1, -0.05) is 146 Å². The smallest absolute Gasteiger partial charge is 0.167 e. The highest BCUT2D eigenvalue weighted by atomic mass is 32.2. The van der Waals surface area contributed by atoms with Gasteiger partial charge < -0.3 is 28.8 Å². The number of hydrogen-bond donors (Lipinski definition) is 2. The van der Waals surface area contributed by atoms with Crippen LogP contribution in [-0.4, -0.2) is 57.7 Å². The number of imidazole rings is 1. The number of nitrogens with one attached hydrogen (secondary N) is 1. The van der Waals surface area contributed by atoms with E-state index in [9.17, 15) is 5.11 Å². The number of nitrogens with zero attached hydrogens (tertiary/aromatic N) is 4. The maximum Gasteiger partial charge on any atom is 0.167 e. The number of hydrogen-bond acceptors (Lipinski definition) is 10. The second-order valence-electron chi connectivity index (χ2n) is 14.8. The Labute approximate surface area is 359 Å². The van der Waals surface area contributed by atoms with Gasteiger partial charge in [0, 0.05) is 6.42 Å². The summed E-state index contributed by atoms with van der Waals surface area (Å²) >= 11 is 1.55. The van der Waals surface area contributed by atoms with Gasteiger partial charge in [-0.05, 0) is 69.6 Å². The van der Waals surface area contributed by atoms with Crippen LogP contribution in [0.25, 0.3) is 11.2 Å². The molecule has 8 aromatic rings. The molecule has 1 aliphatic heterocycles. The summed E-state index contributed by atoms with van der Waals surface area (Å²) in [4.78, 5) is 14.2. The van der Waals surface area contributed by atoms with Crippen molar-refractivity contribution in [1.82, 2.24) is 19.5 Å². The second kappa shape index (κ2) is 17.6. The van der Waals surface area contributed by atoms with Crippen molar-refractivity contribution >= 4 is 28.9 Å². The molecule has 1 fully saturated rings. The first-order valence-electron chi connectivity index (χ1n) is 20.1. The van der Waals surface area contributed by atoms with Gasteiger partial charge in [0.15, 0.2) is 17.0 Å². The van der Waals surface area contributed by atoms with E-state index < -0.39 is 28.8 Å². The predicted octanol–water partition coefficient (Wildman–Crippen LogP) is 9.55. The van der Waals surface area contributed by atoms with Crippen molar-refractivity contribution in [2.45, 2.75) is 35.2 Å². The van der Waals surface area contributed by atoms with E-state index in [2.05, 4.69) is 87.5 Å². The Balaban J connectivity index is 1.01. The summed E-state index contributed by atoms with van der Waals surface area (Å²) in [5, 5.41) is 11.6. The molecule has 1 aliphatic rings. The van der Waals surface area contributed by atoms with Gasteiger partial charge in [-0.2, -0.15) is 0 Å². The highest BCUT2D eigenvalue weighted by Crippen LogP contribution is 2.49. The summed E-state index contributed by atoms with van der Waals surface area (Å²) in [6, 6.07) is 57.2. The van der Waals surface area contributed by atoms with Crippen LogP contribution in [-0.2, 0) is 19.8 Å². The molecule has 9 rings (SSSR count). The number of benzene rings is 6. The van der Waals surface area contributed by atoms with Gasteiger partial charge in [0.2, 0.25) is 0 Å². The minimum Gasteiger partial charge on any atom is -0.497 e. The van der Waals surface area contributed by atoms with Gasteiger partial charge in [-0.3, -0.25) is 4.57 Å². The fourth-order valence-corrected chi connectivity index (χ4v) is 9.44. The summed E-state index contributed by atoms with van der Waals surface area (Å²) in [7, 11) is 3.30. The lowest BCUT2D eigenvalue weighted by Gasteiger charge is -2.37. The predicted molar refractivity (Wildman–Crippen MR) is 239 cm³/mol. The average Bonchev–Trinajstić information content (AvgIpc) is 3.94. The van der Waals surface area contributed by atoms with Gasteiger partial charge in [0.25, 0.3) is 0 Å². The number of aliphatic hydroxyl groups is 1. The van der Waals surface area contributed by atoms with E-state index in [0.29, 0.717) is 23.4 Å². The molecule has 2 N–H and O–H groups in total. The minimum absolute atomic E-state index is 0.0796. The maximum absolute atomic E-state index is 11.6. The number of rotatable bonds is 15. The number of ether oxygens (including phenoxy) is 4. The van der Waals surface area contributed by atoms with Gasteiger partial charge in [-0.15, -0.1) is 0 Å². The van der Waals surface area contributed by atoms with Crippen LogP contribution in [0.2, 0.25) is 0 Å². The lowest BCUT2D eigenvalue weighted by molar-refractivity contribution is -0.0931. The van der Waals surface area contributed by atoms with E-state index in [1.807, 2.05) is 102 Å². The summed E-state index contributed by atoms with van der Waals surface area (Å²) in [5.74, 6) is 2.02. The van der Waals surface area contributed by atoms with Crippen molar-refractivity contribution in [3.05, 3.63) is 216 Å². The van der Waals surface area contributed by atoms with E-state index in [-0.39, 0.29) is 6.61 Å². The Kier molecular flexibility index (Phi) is 11.5. The first-order chi connectivity index (χ1) is 30.0. The number of fused-ring (bicyclic) bond motifs is 1. The Morgan fingerprint density at radius 2 is 1.11 bits per heavy atom. The van der Waals surface area contributed by atoms with Gasteiger partial charge >= 0.3 is 0 Å². The molecule has 1 saturated heterocycles. The maximum atomic E-state index is 11.6. The van der Waals surface area contributed by atoms with E-state index in [1.54, 1.807) is 32.5 Å². The molecule has 3 heterocycles. The molecule has 0 amide bonds. The summed E-state index contributed by atoms with van der Waals surface area (Å²) in [6.45, 7) is 0.0796. The third-order valence-corrected chi connectivity index (χ3v) is 12.7. The Morgan fingerprint density at radius 3 is 1.61 bits per heavy atom.